The predicted molar refractivity (Wildman–Crippen MR) is 153 cm³/mol. The summed E-state index contributed by atoms with van der Waals surface area (Å²) in [6.07, 6.45) is 1.85. The van der Waals surface area contributed by atoms with Gasteiger partial charge in [-0.3, -0.25) is 24.0 Å². The largest absolute Gasteiger partial charge is 0.354 e. The second-order valence-electron chi connectivity index (χ2n) is 9.31. The number of rotatable bonds is 14. The Morgan fingerprint density at radius 2 is 1.61 bits per heavy atom. The quantitative estimate of drug-likeness (QED) is 0.167. The molecule has 3 rings (SSSR count). The van der Waals surface area contributed by atoms with Gasteiger partial charge in [0.15, 0.2) is 0 Å². The van der Waals surface area contributed by atoms with Crippen LogP contribution in [0, 0.1) is 15.9 Å². The number of benzene rings is 3. The number of hydrogen-bond donors (Lipinski definition) is 1. The molecule has 0 aromatic heterocycles. The van der Waals surface area contributed by atoms with E-state index in [9.17, 15) is 32.5 Å². The summed E-state index contributed by atoms with van der Waals surface area (Å²) in [5, 5.41) is 14.0. The Kier molecular flexibility index (Phi) is 10.9. The number of unbranched alkanes of at least 4 members (excludes halogenated alkanes) is 1. The van der Waals surface area contributed by atoms with Crippen LogP contribution in [0.3, 0.4) is 0 Å². The number of carbonyl (C=O) groups is 2. The topological polar surface area (TPSA) is 130 Å². The lowest BCUT2D eigenvalue weighted by Gasteiger charge is -2.33. The van der Waals surface area contributed by atoms with Crippen molar-refractivity contribution in [3.8, 4) is 0 Å². The third kappa shape index (κ3) is 8.10. The standard InChI is InChI=1S/C29H33FN4O6S/c1-3-5-19-31-29(36)27(4-2)32(20-22-11-13-23(30)14-12-22)28(35)21-33(24-15-17-25(18-16-24)34(37)38)41(39,40)26-9-7-6-8-10-26/h6-18,27H,3-5,19-21H2,1-2H3,(H,31,36)/t27-/m1/s1. The molecule has 2 amide bonds. The van der Waals surface area contributed by atoms with Gasteiger partial charge in [-0.15, -0.1) is 0 Å². The Labute approximate surface area is 239 Å². The van der Waals surface area contributed by atoms with Crippen LogP contribution in [-0.4, -0.2) is 49.2 Å². The number of halogens is 1. The molecule has 3 aromatic carbocycles. The maximum Gasteiger partial charge on any atom is 0.269 e. The molecule has 1 N–H and O–H groups in total. The molecule has 0 bridgehead atoms. The van der Waals surface area contributed by atoms with Gasteiger partial charge in [0.05, 0.1) is 15.5 Å². The highest BCUT2D eigenvalue weighted by atomic mass is 32.2. The van der Waals surface area contributed by atoms with Crippen molar-refractivity contribution in [1.29, 1.82) is 0 Å². The van der Waals surface area contributed by atoms with E-state index in [1.165, 1.54) is 65.6 Å². The molecule has 218 valence electrons. The molecule has 0 spiro atoms. The van der Waals surface area contributed by atoms with E-state index in [-0.39, 0.29) is 35.1 Å². The third-order valence-electron chi connectivity index (χ3n) is 6.44. The maximum absolute atomic E-state index is 13.9. The normalized spacial score (nSPS) is 11.9. The molecule has 0 fully saturated rings. The smallest absolute Gasteiger partial charge is 0.269 e. The van der Waals surface area contributed by atoms with Gasteiger partial charge in [0, 0.05) is 25.2 Å². The van der Waals surface area contributed by atoms with Crippen LogP contribution in [0.15, 0.2) is 83.8 Å². The number of hydrogen-bond acceptors (Lipinski definition) is 6. The fourth-order valence-corrected chi connectivity index (χ4v) is 5.64. The third-order valence-corrected chi connectivity index (χ3v) is 8.23. The molecule has 0 aliphatic rings. The number of nitro benzene ring substituents is 1. The number of carbonyl (C=O) groups excluding carboxylic acids is 2. The highest BCUT2D eigenvalue weighted by Crippen LogP contribution is 2.26. The van der Waals surface area contributed by atoms with Crippen LogP contribution >= 0.6 is 0 Å². The zero-order chi connectivity index (χ0) is 30.0. The number of nitrogens with one attached hydrogen (secondary N) is 1. The van der Waals surface area contributed by atoms with Gasteiger partial charge < -0.3 is 10.2 Å². The Hall–Kier alpha value is -4.32. The Morgan fingerprint density at radius 3 is 2.17 bits per heavy atom. The molecule has 1 atom stereocenters. The molecule has 41 heavy (non-hydrogen) atoms. The van der Waals surface area contributed by atoms with Crippen molar-refractivity contribution in [1.82, 2.24) is 10.2 Å². The summed E-state index contributed by atoms with van der Waals surface area (Å²) in [5.41, 5.74) is 0.340. The first kappa shape index (κ1) is 31.2. The van der Waals surface area contributed by atoms with Crippen LogP contribution in [0.4, 0.5) is 15.8 Å². The van der Waals surface area contributed by atoms with Gasteiger partial charge in [-0.2, -0.15) is 0 Å². The minimum Gasteiger partial charge on any atom is -0.354 e. The van der Waals surface area contributed by atoms with Gasteiger partial charge in [-0.05, 0) is 54.8 Å². The average molecular weight is 585 g/mol. The lowest BCUT2D eigenvalue weighted by molar-refractivity contribution is -0.384. The van der Waals surface area contributed by atoms with E-state index < -0.39 is 39.3 Å². The number of anilines is 1. The Bertz CT molecular complexity index is 1430. The summed E-state index contributed by atoms with van der Waals surface area (Å²) in [5.74, 6) is -1.52. The molecule has 0 unspecified atom stereocenters. The number of non-ortho nitro benzene ring substituents is 1. The molecule has 3 aromatic rings. The molecule has 0 saturated heterocycles. The van der Waals surface area contributed by atoms with Crippen molar-refractivity contribution in [2.45, 2.75) is 50.6 Å². The van der Waals surface area contributed by atoms with Crippen molar-refractivity contribution in [2.75, 3.05) is 17.4 Å². The van der Waals surface area contributed by atoms with Crippen LogP contribution in [0.25, 0.3) is 0 Å². The summed E-state index contributed by atoms with van der Waals surface area (Å²) >= 11 is 0. The second-order valence-corrected chi connectivity index (χ2v) is 11.2. The second kappa shape index (κ2) is 14.4. The first-order valence-corrected chi connectivity index (χ1v) is 14.7. The predicted octanol–water partition coefficient (Wildman–Crippen LogP) is 4.65. The molecule has 0 radical (unpaired) electrons. The lowest BCUT2D eigenvalue weighted by atomic mass is 10.1. The first-order valence-electron chi connectivity index (χ1n) is 13.2. The molecular formula is C29H33FN4O6S. The fourth-order valence-electron chi connectivity index (χ4n) is 4.20. The number of nitro groups is 1. The average Bonchev–Trinajstić information content (AvgIpc) is 2.97. The van der Waals surface area contributed by atoms with Gasteiger partial charge in [0.25, 0.3) is 15.7 Å². The van der Waals surface area contributed by atoms with Crippen LogP contribution in [0.5, 0.6) is 0 Å². The van der Waals surface area contributed by atoms with Gasteiger partial charge in [0.2, 0.25) is 11.8 Å². The summed E-state index contributed by atoms with van der Waals surface area (Å²) < 4.78 is 42.0. The highest BCUT2D eigenvalue weighted by molar-refractivity contribution is 7.92. The van der Waals surface area contributed by atoms with Gasteiger partial charge in [-0.1, -0.05) is 50.6 Å². The van der Waals surface area contributed by atoms with Crippen LogP contribution in [-0.2, 0) is 26.2 Å². The number of amides is 2. The monoisotopic (exact) mass is 584 g/mol. The minimum atomic E-state index is -4.30. The summed E-state index contributed by atoms with van der Waals surface area (Å²) in [4.78, 5) is 38.9. The van der Waals surface area contributed by atoms with E-state index >= 15 is 0 Å². The molecule has 0 aliphatic carbocycles. The van der Waals surface area contributed by atoms with Crippen LogP contribution in [0.1, 0.15) is 38.7 Å². The molecule has 10 nitrogen and oxygen atoms in total. The molecule has 0 heterocycles. The highest BCUT2D eigenvalue weighted by Gasteiger charge is 2.33. The zero-order valence-electron chi connectivity index (χ0n) is 22.9. The Morgan fingerprint density at radius 1 is 0.976 bits per heavy atom. The van der Waals surface area contributed by atoms with Crippen LogP contribution in [0.2, 0.25) is 0 Å². The minimum absolute atomic E-state index is 0.0370. The first-order chi connectivity index (χ1) is 19.6. The molecular weight excluding hydrogens is 551 g/mol. The van der Waals surface area contributed by atoms with E-state index in [0.29, 0.717) is 12.1 Å². The summed E-state index contributed by atoms with van der Waals surface area (Å²) in [6.45, 7) is 3.38. The summed E-state index contributed by atoms with van der Waals surface area (Å²) in [6, 6.07) is 16.8. The van der Waals surface area contributed by atoms with E-state index in [1.807, 2.05) is 6.92 Å². The molecule has 0 aliphatic heterocycles. The fraction of sp³-hybridized carbons (Fsp3) is 0.310. The molecule has 12 heteroatoms. The maximum atomic E-state index is 13.9. The van der Waals surface area contributed by atoms with Crippen molar-refractivity contribution in [3.05, 3.63) is 100 Å². The van der Waals surface area contributed by atoms with Crippen LogP contribution < -0.4 is 9.62 Å². The van der Waals surface area contributed by atoms with E-state index in [1.54, 1.807) is 13.0 Å². The van der Waals surface area contributed by atoms with Gasteiger partial charge in [-0.25, -0.2) is 12.8 Å². The van der Waals surface area contributed by atoms with E-state index in [2.05, 4.69) is 5.32 Å². The molecule has 0 saturated carbocycles. The lowest BCUT2D eigenvalue weighted by Crippen LogP contribution is -2.52. The van der Waals surface area contributed by atoms with Gasteiger partial charge in [0.1, 0.15) is 18.4 Å². The zero-order valence-corrected chi connectivity index (χ0v) is 23.7. The van der Waals surface area contributed by atoms with Crippen molar-refractivity contribution >= 4 is 33.2 Å². The summed E-state index contributed by atoms with van der Waals surface area (Å²) in [7, 11) is -4.30. The van der Waals surface area contributed by atoms with E-state index in [4.69, 9.17) is 0 Å². The van der Waals surface area contributed by atoms with Crippen molar-refractivity contribution in [3.63, 3.8) is 0 Å². The van der Waals surface area contributed by atoms with Crippen molar-refractivity contribution in [2.24, 2.45) is 0 Å². The van der Waals surface area contributed by atoms with Crippen molar-refractivity contribution < 1.29 is 27.3 Å². The number of nitrogens with zero attached hydrogens (tertiary/aromatic N) is 3. The van der Waals surface area contributed by atoms with Gasteiger partial charge >= 0.3 is 0 Å². The van der Waals surface area contributed by atoms with E-state index in [0.717, 1.165) is 29.3 Å². The SMILES string of the molecule is CCCCNC(=O)[C@@H](CC)N(Cc1ccc(F)cc1)C(=O)CN(c1ccc([N+](=O)[O-])cc1)S(=O)(=O)c1ccccc1. The number of sulfonamides is 1. The Balaban J connectivity index is 2.03.